The van der Waals surface area contributed by atoms with Crippen LogP contribution in [-0.2, 0) is 4.79 Å². The van der Waals surface area contributed by atoms with Crippen LogP contribution in [0.4, 0.5) is 0 Å². The normalized spacial score (nSPS) is 26.2. The summed E-state index contributed by atoms with van der Waals surface area (Å²) < 4.78 is 0. The molecule has 21 heavy (non-hydrogen) atoms. The Labute approximate surface area is 130 Å². The molecule has 5 nitrogen and oxygen atoms in total. The van der Waals surface area contributed by atoms with E-state index in [-0.39, 0.29) is 11.8 Å². The molecule has 0 aromatic heterocycles. The van der Waals surface area contributed by atoms with Crippen molar-refractivity contribution >= 4 is 5.91 Å². The van der Waals surface area contributed by atoms with Gasteiger partial charge in [0.15, 0.2) is 0 Å². The third kappa shape index (κ3) is 5.57. The molecule has 4 N–H and O–H groups in total. The molecule has 1 amide bonds. The Bertz CT molecular complexity index is 332. The first-order chi connectivity index (χ1) is 9.75. The van der Waals surface area contributed by atoms with Crippen molar-refractivity contribution in [1.82, 2.24) is 9.80 Å². The average Bonchev–Trinajstić information content (AvgIpc) is 2.75. The highest BCUT2D eigenvalue weighted by atomic mass is 16.1. The van der Waals surface area contributed by atoms with Gasteiger partial charge < -0.3 is 21.3 Å². The predicted octanol–water partition coefficient (Wildman–Crippen LogP) is 0.879. The molecule has 0 aliphatic heterocycles. The van der Waals surface area contributed by atoms with Crippen molar-refractivity contribution in [3.63, 3.8) is 0 Å². The number of nitrogens with two attached hydrogens (primary N) is 2. The lowest BCUT2D eigenvalue weighted by Crippen LogP contribution is -2.55. The van der Waals surface area contributed by atoms with Gasteiger partial charge in [0.1, 0.15) is 0 Å². The standard InChI is InChI=1S/C16H34N4O/c1-13(2)12-20(11-10-19(3)4)9-7-14-6-5-8-16(14,18)15(17)21/h13-14H,5-12,18H2,1-4H3,(H2,17,21). The summed E-state index contributed by atoms with van der Waals surface area (Å²) in [7, 11) is 4.20. The fourth-order valence-electron chi connectivity index (χ4n) is 3.32. The van der Waals surface area contributed by atoms with Crippen LogP contribution in [0.3, 0.4) is 0 Å². The van der Waals surface area contributed by atoms with E-state index in [1.165, 1.54) is 0 Å². The Kier molecular flexibility index (Phi) is 7.10. The van der Waals surface area contributed by atoms with Gasteiger partial charge in [-0.05, 0) is 51.7 Å². The van der Waals surface area contributed by atoms with Crippen LogP contribution in [0.2, 0.25) is 0 Å². The van der Waals surface area contributed by atoms with Gasteiger partial charge in [-0.2, -0.15) is 0 Å². The number of nitrogens with zero attached hydrogens (tertiary/aromatic N) is 2. The van der Waals surface area contributed by atoms with Crippen LogP contribution in [-0.4, -0.2) is 61.5 Å². The van der Waals surface area contributed by atoms with Gasteiger partial charge >= 0.3 is 0 Å². The molecule has 1 aliphatic rings. The number of primary amides is 1. The highest BCUT2D eigenvalue weighted by molar-refractivity contribution is 5.85. The summed E-state index contributed by atoms with van der Waals surface area (Å²) in [6.45, 7) is 8.70. The second-order valence-corrected chi connectivity index (χ2v) is 7.28. The van der Waals surface area contributed by atoms with E-state index in [0.717, 1.165) is 51.9 Å². The van der Waals surface area contributed by atoms with Crippen LogP contribution >= 0.6 is 0 Å². The molecule has 2 unspecified atom stereocenters. The van der Waals surface area contributed by atoms with Crippen molar-refractivity contribution in [2.24, 2.45) is 23.3 Å². The predicted molar refractivity (Wildman–Crippen MR) is 87.9 cm³/mol. The Hall–Kier alpha value is -0.650. The van der Waals surface area contributed by atoms with Crippen LogP contribution in [0, 0.1) is 11.8 Å². The molecule has 1 saturated carbocycles. The van der Waals surface area contributed by atoms with E-state index < -0.39 is 5.54 Å². The van der Waals surface area contributed by atoms with E-state index in [2.05, 4.69) is 37.7 Å². The average molecular weight is 298 g/mol. The minimum Gasteiger partial charge on any atom is -0.368 e. The van der Waals surface area contributed by atoms with Gasteiger partial charge in [-0.1, -0.05) is 20.3 Å². The minimum absolute atomic E-state index is 0.240. The van der Waals surface area contributed by atoms with Gasteiger partial charge in [0, 0.05) is 19.6 Å². The summed E-state index contributed by atoms with van der Waals surface area (Å²) >= 11 is 0. The highest BCUT2D eigenvalue weighted by Crippen LogP contribution is 2.36. The van der Waals surface area contributed by atoms with Crippen LogP contribution in [0.25, 0.3) is 0 Å². The Morgan fingerprint density at radius 3 is 2.48 bits per heavy atom. The van der Waals surface area contributed by atoms with Crippen molar-refractivity contribution in [2.45, 2.75) is 45.1 Å². The molecule has 5 heteroatoms. The van der Waals surface area contributed by atoms with Crippen molar-refractivity contribution in [3.05, 3.63) is 0 Å². The molecule has 1 fully saturated rings. The maximum Gasteiger partial charge on any atom is 0.237 e. The SMILES string of the molecule is CC(C)CN(CCC1CCCC1(N)C(N)=O)CCN(C)C. The van der Waals surface area contributed by atoms with E-state index in [9.17, 15) is 4.79 Å². The molecule has 0 heterocycles. The summed E-state index contributed by atoms with van der Waals surface area (Å²) in [6.07, 6.45) is 3.77. The molecule has 0 aromatic carbocycles. The maximum absolute atomic E-state index is 11.6. The zero-order valence-electron chi connectivity index (χ0n) is 14.3. The molecule has 0 bridgehead atoms. The van der Waals surface area contributed by atoms with E-state index in [4.69, 9.17) is 11.5 Å². The third-order valence-electron chi connectivity index (χ3n) is 4.61. The fourth-order valence-corrected chi connectivity index (χ4v) is 3.32. The Morgan fingerprint density at radius 2 is 1.95 bits per heavy atom. The van der Waals surface area contributed by atoms with Crippen LogP contribution in [0.1, 0.15) is 39.5 Å². The first kappa shape index (κ1) is 18.4. The molecule has 0 spiro atoms. The number of rotatable bonds is 9. The summed E-state index contributed by atoms with van der Waals surface area (Å²) in [5.41, 5.74) is 11.0. The lowest BCUT2D eigenvalue weighted by atomic mass is 9.85. The number of carbonyl (C=O) groups excluding carboxylic acids is 1. The highest BCUT2D eigenvalue weighted by Gasteiger charge is 2.43. The van der Waals surface area contributed by atoms with Gasteiger partial charge in [0.05, 0.1) is 5.54 Å². The lowest BCUT2D eigenvalue weighted by Gasteiger charge is -2.31. The zero-order chi connectivity index (χ0) is 16.0. The number of likely N-dealkylation sites (N-methyl/N-ethyl adjacent to an activating group) is 1. The molecule has 0 aromatic rings. The molecule has 1 aliphatic carbocycles. The van der Waals surface area contributed by atoms with Crippen molar-refractivity contribution in [2.75, 3.05) is 40.3 Å². The third-order valence-corrected chi connectivity index (χ3v) is 4.61. The van der Waals surface area contributed by atoms with Gasteiger partial charge in [0.2, 0.25) is 5.91 Å². The van der Waals surface area contributed by atoms with E-state index in [1.54, 1.807) is 0 Å². The number of hydrogen-bond donors (Lipinski definition) is 2. The van der Waals surface area contributed by atoms with Gasteiger partial charge in [-0.25, -0.2) is 0 Å². The monoisotopic (exact) mass is 298 g/mol. The molecular weight excluding hydrogens is 264 g/mol. The number of amides is 1. The molecule has 0 saturated heterocycles. The fraction of sp³-hybridized carbons (Fsp3) is 0.938. The molecule has 124 valence electrons. The lowest BCUT2D eigenvalue weighted by molar-refractivity contribution is -0.124. The summed E-state index contributed by atoms with van der Waals surface area (Å²) in [5, 5.41) is 0. The van der Waals surface area contributed by atoms with Crippen molar-refractivity contribution in [1.29, 1.82) is 0 Å². The molecular formula is C16H34N4O. The van der Waals surface area contributed by atoms with Crippen LogP contribution in [0.15, 0.2) is 0 Å². The van der Waals surface area contributed by atoms with Crippen LogP contribution < -0.4 is 11.5 Å². The first-order valence-corrected chi connectivity index (χ1v) is 8.21. The summed E-state index contributed by atoms with van der Waals surface area (Å²) in [4.78, 5) is 16.3. The topological polar surface area (TPSA) is 75.6 Å². The van der Waals surface area contributed by atoms with Crippen molar-refractivity contribution in [3.8, 4) is 0 Å². The Balaban J connectivity index is 2.53. The van der Waals surface area contributed by atoms with Gasteiger partial charge in [0.25, 0.3) is 0 Å². The van der Waals surface area contributed by atoms with Gasteiger partial charge in [-0.15, -0.1) is 0 Å². The molecule has 1 rings (SSSR count). The zero-order valence-corrected chi connectivity index (χ0v) is 14.3. The van der Waals surface area contributed by atoms with Crippen molar-refractivity contribution < 1.29 is 4.79 Å². The van der Waals surface area contributed by atoms with Crippen LogP contribution in [0.5, 0.6) is 0 Å². The second kappa shape index (κ2) is 8.11. The minimum atomic E-state index is -0.773. The summed E-state index contributed by atoms with van der Waals surface area (Å²) in [6, 6.07) is 0. The summed E-state index contributed by atoms with van der Waals surface area (Å²) in [5.74, 6) is 0.562. The first-order valence-electron chi connectivity index (χ1n) is 8.21. The number of hydrogen-bond acceptors (Lipinski definition) is 4. The Morgan fingerprint density at radius 1 is 1.29 bits per heavy atom. The van der Waals surface area contributed by atoms with E-state index in [0.29, 0.717) is 5.92 Å². The largest absolute Gasteiger partial charge is 0.368 e. The molecule has 0 radical (unpaired) electrons. The molecule has 2 atom stereocenters. The second-order valence-electron chi connectivity index (χ2n) is 7.28. The van der Waals surface area contributed by atoms with E-state index >= 15 is 0 Å². The maximum atomic E-state index is 11.6. The quantitative estimate of drug-likeness (QED) is 0.662. The van der Waals surface area contributed by atoms with E-state index in [1.807, 2.05) is 0 Å². The van der Waals surface area contributed by atoms with Gasteiger partial charge in [-0.3, -0.25) is 4.79 Å². The number of carbonyl (C=O) groups is 1. The smallest absolute Gasteiger partial charge is 0.237 e.